The van der Waals surface area contributed by atoms with Crippen LogP contribution in [0.4, 0.5) is 0 Å². The van der Waals surface area contributed by atoms with Crippen molar-refractivity contribution in [2.24, 2.45) is 4.99 Å². The maximum absolute atomic E-state index is 4.67. The highest BCUT2D eigenvalue weighted by molar-refractivity contribution is 7.99. The number of nitrogens with zero attached hydrogens (tertiary/aromatic N) is 1. The van der Waals surface area contributed by atoms with E-state index in [1.54, 1.807) is 0 Å². The molecular weight excluding hydrogens is 353 g/mol. The van der Waals surface area contributed by atoms with Gasteiger partial charge in [-0.05, 0) is 29.6 Å². The summed E-state index contributed by atoms with van der Waals surface area (Å²) < 4.78 is 0. The van der Waals surface area contributed by atoms with E-state index in [1.807, 2.05) is 11.8 Å². The molecule has 0 aliphatic rings. The second-order valence-corrected chi connectivity index (χ2v) is 9.38. The van der Waals surface area contributed by atoms with Gasteiger partial charge in [0.2, 0.25) is 0 Å². The molecule has 0 unspecified atom stereocenters. The van der Waals surface area contributed by atoms with Crippen LogP contribution in [0.25, 0.3) is 0 Å². The molecule has 0 bridgehead atoms. The van der Waals surface area contributed by atoms with Crippen molar-refractivity contribution in [1.82, 2.24) is 0 Å². The van der Waals surface area contributed by atoms with Gasteiger partial charge in [-0.3, -0.25) is 4.99 Å². The Morgan fingerprint density at radius 2 is 1.38 bits per heavy atom. The number of hydrogen-bond acceptors (Lipinski definition) is 2. The molecule has 0 spiro atoms. The number of rotatable bonds is 8. The number of benzene rings is 3. The highest BCUT2D eigenvalue weighted by Gasteiger charge is 2.18. The fraction of sp³-hybridized carbons (Fsp3) is 0.174. The molecule has 1 nitrogen and oxygen atoms in total. The zero-order valence-corrected chi connectivity index (χ0v) is 16.8. The van der Waals surface area contributed by atoms with E-state index in [4.69, 9.17) is 0 Å². The van der Waals surface area contributed by atoms with E-state index in [1.165, 1.54) is 21.5 Å². The van der Waals surface area contributed by atoms with Gasteiger partial charge in [0, 0.05) is 24.1 Å². The van der Waals surface area contributed by atoms with Crippen LogP contribution >= 0.6 is 19.7 Å². The molecule has 0 aliphatic heterocycles. The van der Waals surface area contributed by atoms with Gasteiger partial charge < -0.3 is 0 Å². The average molecular weight is 377 g/mol. The summed E-state index contributed by atoms with van der Waals surface area (Å²) in [5.41, 5.74) is 1.23. The lowest BCUT2D eigenvalue weighted by molar-refractivity contribution is 1.15. The van der Waals surface area contributed by atoms with Crippen LogP contribution in [0.2, 0.25) is 0 Å². The molecule has 0 radical (unpaired) electrons. The van der Waals surface area contributed by atoms with Gasteiger partial charge in [0.25, 0.3) is 0 Å². The van der Waals surface area contributed by atoms with Crippen molar-refractivity contribution in [2.45, 2.75) is 6.92 Å². The lowest BCUT2D eigenvalue weighted by Gasteiger charge is -2.21. The van der Waals surface area contributed by atoms with Gasteiger partial charge in [0.1, 0.15) is 0 Å². The van der Waals surface area contributed by atoms with Crippen molar-refractivity contribution in [3.8, 4) is 0 Å². The van der Waals surface area contributed by atoms with Crippen molar-refractivity contribution in [1.29, 1.82) is 0 Å². The largest absolute Gasteiger partial charge is 0.292 e. The van der Waals surface area contributed by atoms with Crippen LogP contribution in [0.15, 0.2) is 89.9 Å². The summed E-state index contributed by atoms with van der Waals surface area (Å²) in [6.45, 7) is 3.07. The fourth-order valence-electron chi connectivity index (χ4n) is 2.81. The Kier molecular flexibility index (Phi) is 7.49. The Morgan fingerprint density at radius 3 is 2.00 bits per heavy atom. The minimum absolute atomic E-state index is 0.591. The maximum Gasteiger partial charge on any atom is 0.0480 e. The van der Waals surface area contributed by atoms with E-state index in [0.717, 1.165) is 18.1 Å². The Morgan fingerprint density at radius 1 is 0.808 bits per heavy atom. The minimum Gasteiger partial charge on any atom is -0.292 e. The van der Waals surface area contributed by atoms with Crippen LogP contribution in [-0.2, 0) is 0 Å². The van der Waals surface area contributed by atoms with Crippen molar-refractivity contribution in [3.05, 3.63) is 90.5 Å². The molecule has 3 aromatic carbocycles. The monoisotopic (exact) mass is 377 g/mol. The van der Waals surface area contributed by atoms with E-state index >= 15 is 0 Å². The Balaban J connectivity index is 1.97. The number of thioether (sulfide) groups is 1. The number of hydrogen-bond donors (Lipinski definition) is 0. The third kappa shape index (κ3) is 5.06. The highest BCUT2D eigenvalue weighted by Crippen LogP contribution is 2.33. The molecule has 3 rings (SSSR count). The van der Waals surface area contributed by atoms with Crippen LogP contribution in [0.1, 0.15) is 12.5 Å². The van der Waals surface area contributed by atoms with Crippen LogP contribution in [-0.4, -0.2) is 24.3 Å². The topological polar surface area (TPSA) is 12.4 Å². The predicted molar refractivity (Wildman–Crippen MR) is 121 cm³/mol. The van der Waals surface area contributed by atoms with Gasteiger partial charge in [0.15, 0.2) is 0 Å². The van der Waals surface area contributed by atoms with Gasteiger partial charge in [-0.25, -0.2) is 0 Å². The molecule has 0 saturated carbocycles. The molecule has 3 heteroatoms. The molecule has 0 saturated heterocycles. The SMILES string of the molecule is CCSCC/N=C\c1ccccc1P(c1ccccc1)c1ccccc1. The predicted octanol–water partition coefficient (Wildman–Crippen LogP) is 4.62. The maximum atomic E-state index is 4.67. The van der Waals surface area contributed by atoms with Crippen molar-refractivity contribution >= 4 is 41.8 Å². The standard InChI is InChI=1S/C23H24NPS/c1-2-26-18-17-24-19-20-11-9-10-16-23(20)25(21-12-5-3-6-13-21)22-14-7-4-8-15-22/h3-16,19H,2,17-18H2,1H3/b24-19-. The summed E-state index contributed by atoms with van der Waals surface area (Å²) in [6, 6.07) is 30.3. The van der Waals surface area contributed by atoms with Gasteiger partial charge >= 0.3 is 0 Å². The summed E-state index contributed by atoms with van der Waals surface area (Å²) in [5, 5.41) is 4.11. The van der Waals surface area contributed by atoms with E-state index in [-0.39, 0.29) is 0 Å². The summed E-state index contributed by atoms with van der Waals surface area (Å²) in [7, 11) is -0.591. The average Bonchev–Trinajstić information content (AvgIpc) is 2.71. The van der Waals surface area contributed by atoms with Crippen molar-refractivity contribution in [3.63, 3.8) is 0 Å². The first-order valence-electron chi connectivity index (χ1n) is 8.97. The normalized spacial score (nSPS) is 11.3. The molecule has 132 valence electrons. The molecule has 0 aromatic heterocycles. The molecule has 26 heavy (non-hydrogen) atoms. The summed E-state index contributed by atoms with van der Waals surface area (Å²) in [4.78, 5) is 4.67. The van der Waals surface area contributed by atoms with Gasteiger partial charge in [-0.2, -0.15) is 11.8 Å². The zero-order valence-electron chi connectivity index (χ0n) is 15.1. The van der Waals surface area contributed by atoms with E-state index < -0.39 is 7.92 Å². The lowest BCUT2D eigenvalue weighted by atomic mass is 10.2. The van der Waals surface area contributed by atoms with Gasteiger partial charge in [-0.15, -0.1) is 0 Å². The molecular formula is C23H24NPS. The molecule has 3 aromatic rings. The van der Waals surface area contributed by atoms with Crippen molar-refractivity contribution < 1.29 is 0 Å². The molecule has 0 heterocycles. The smallest absolute Gasteiger partial charge is 0.0480 e. The third-order valence-electron chi connectivity index (χ3n) is 4.01. The van der Waals surface area contributed by atoms with Crippen LogP contribution < -0.4 is 15.9 Å². The molecule has 0 amide bonds. The zero-order chi connectivity index (χ0) is 18.0. The minimum atomic E-state index is -0.591. The third-order valence-corrected chi connectivity index (χ3v) is 7.40. The van der Waals surface area contributed by atoms with Crippen LogP contribution in [0.5, 0.6) is 0 Å². The van der Waals surface area contributed by atoms with Crippen LogP contribution in [0, 0.1) is 0 Å². The van der Waals surface area contributed by atoms with E-state index in [2.05, 4.69) is 103 Å². The second kappa shape index (κ2) is 10.3. The first kappa shape index (κ1) is 18.9. The summed E-state index contributed by atoms with van der Waals surface area (Å²) in [6.07, 6.45) is 2.06. The Labute approximate surface area is 162 Å². The van der Waals surface area contributed by atoms with Crippen LogP contribution in [0.3, 0.4) is 0 Å². The summed E-state index contributed by atoms with van der Waals surface area (Å²) >= 11 is 1.94. The Hall–Kier alpha value is -1.89. The molecule has 0 aliphatic carbocycles. The molecule has 0 fully saturated rings. The van der Waals surface area contributed by atoms with E-state index in [0.29, 0.717) is 0 Å². The second-order valence-electron chi connectivity index (χ2n) is 5.80. The van der Waals surface area contributed by atoms with Gasteiger partial charge in [0.05, 0.1) is 0 Å². The van der Waals surface area contributed by atoms with Crippen molar-refractivity contribution in [2.75, 3.05) is 18.1 Å². The highest BCUT2D eigenvalue weighted by atomic mass is 32.2. The summed E-state index contributed by atoms with van der Waals surface area (Å²) in [5.74, 6) is 2.24. The first-order chi connectivity index (χ1) is 12.9. The van der Waals surface area contributed by atoms with E-state index in [9.17, 15) is 0 Å². The Bertz CT molecular complexity index is 778. The lowest BCUT2D eigenvalue weighted by Crippen LogP contribution is -2.23. The fourth-order valence-corrected chi connectivity index (χ4v) is 5.75. The van der Waals surface area contributed by atoms with Gasteiger partial charge in [-0.1, -0.05) is 91.9 Å². The molecule has 0 N–H and O–H groups in total. The first-order valence-corrected chi connectivity index (χ1v) is 11.5. The molecule has 0 atom stereocenters. The number of aliphatic imine (C=N–C) groups is 1. The quantitative estimate of drug-likeness (QED) is 0.317.